The molecule has 4 rings (SSSR count). The molecule has 0 aromatic heterocycles. The van der Waals surface area contributed by atoms with E-state index in [0.29, 0.717) is 6.04 Å². The van der Waals surface area contributed by atoms with Crippen molar-refractivity contribution in [3.8, 4) is 5.75 Å². The van der Waals surface area contributed by atoms with Gasteiger partial charge in [-0.05, 0) is 39.9 Å². The first-order valence-corrected chi connectivity index (χ1v) is 8.57. The molecule has 1 unspecified atom stereocenters. The zero-order chi connectivity index (χ0) is 17.1. The minimum atomic E-state index is 0.302. The summed E-state index contributed by atoms with van der Waals surface area (Å²) in [6.07, 6.45) is 4.26. The third-order valence-corrected chi connectivity index (χ3v) is 4.72. The maximum atomic E-state index is 5.19. The van der Waals surface area contributed by atoms with Crippen molar-refractivity contribution in [3.05, 3.63) is 101 Å². The molecule has 1 N–H and O–H groups in total. The van der Waals surface area contributed by atoms with Crippen molar-refractivity contribution in [2.24, 2.45) is 0 Å². The van der Waals surface area contributed by atoms with Gasteiger partial charge in [-0.1, -0.05) is 72.8 Å². The first-order chi connectivity index (χ1) is 12.3. The Bertz CT molecular complexity index is 879. The highest BCUT2D eigenvalue weighted by molar-refractivity contribution is 5.70. The molecule has 0 aliphatic carbocycles. The molecular weight excluding hydrogens is 306 g/mol. The molecule has 1 aliphatic heterocycles. The van der Waals surface area contributed by atoms with Gasteiger partial charge in [-0.3, -0.25) is 0 Å². The van der Waals surface area contributed by atoms with Crippen LogP contribution in [0.25, 0.3) is 12.2 Å². The number of methoxy groups -OCH3 is 1. The van der Waals surface area contributed by atoms with Gasteiger partial charge in [0.25, 0.3) is 0 Å². The van der Waals surface area contributed by atoms with Crippen molar-refractivity contribution in [2.75, 3.05) is 7.11 Å². The second-order valence-corrected chi connectivity index (χ2v) is 6.29. The Balaban J connectivity index is 1.50. The number of nitrogens with one attached hydrogen (secondary N) is 1. The van der Waals surface area contributed by atoms with Crippen LogP contribution in [0.3, 0.4) is 0 Å². The second kappa shape index (κ2) is 6.96. The molecule has 3 aromatic rings. The van der Waals surface area contributed by atoms with Crippen molar-refractivity contribution in [2.45, 2.75) is 12.6 Å². The molecule has 1 heterocycles. The molecule has 124 valence electrons. The highest BCUT2D eigenvalue weighted by Gasteiger charge is 2.22. The van der Waals surface area contributed by atoms with Crippen molar-refractivity contribution < 1.29 is 4.74 Å². The van der Waals surface area contributed by atoms with Crippen LogP contribution in [-0.2, 0) is 6.54 Å². The molecular formula is C23H21NO. The third-order valence-electron chi connectivity index (χ3n) is 4.72. The van der Waals surface area contributed by atoms with E-state index in [4.69, 9.17) is 4.74 Å². The molecule has 0 spiro atoms. The fourth-order valence-corrected chi connectivity index (χ4v) is 3.30. The zero-order valence-corrected chi connectivity index (χ0v) is 14.3. The lowest BCUT2D eigenvalue weighted by atomic mass is 9.97. The number of fused-ring (bicyclic) bond motifs is 1. The first-order valence-electron chi connectivity index (χ1n) is 8.57. The van der Waals surface area contributed by atoms with Crippen molar-refractivity contribution in [1.29, 1.82) is 0 Å². The number of hydrogen-bond donors (Lipinski definition) is 1. The summed E-state index contributed by atoms with van der Waals surface area (Å²) in [5.41, 5.74) is 6.47. The lowest BCUT2D eigenvalue weighted by Crippen LogP contribution is -2.13. The molecule has 0 radical (unpaired) electrons. The van der Waals surface area contributed by atoms with Crippen molar-refractivity contribution in [3.63, 3.8) is 0 Å². The predicted molar refractivity (Wildman–Crippen MR) is 103 cm³/mol. The largest absolute Gasteiger partial charge is 0.497 e. The van der Waals surface area contributed by atoms with Crippen LogP contribution in [0.5, 0.6) is 5.75 Å². The van der Waals surface area contributed by atoms with Crippen LogP contribution < -0.4 is 10.1 Å². The SMILES string of the molecule is COc1ccc(/C=C/c2ccc(C3NCc4ccccc43)cc2)cc1. The van der Waals surface area contributed by atoms with E-state index in [1.807, 2.05) is 12.1 Å². The van der Waals surface area contributed by atoms with Gasteiger partial charge < -0.3 is 10.1 Å². The lowest BCUT2D eigenvalue weighted by Gasteiger charge is -2.12. The normalized spacial score (nSPS) is 16.1. The number of ether oxygens (including phenoxy) is 1. The predicted octanol–water partition coefficient (Wildman–Crippen LogP) is 5.06. The Morgan fingerprint density at radius 1 is 0.840 bits per heavy atom. The van der Waals surface area contributed by atoms with E-state index < -0.39 is 0 Å². The van der Waals surface area contributed by atoms with Gasteiger partial charge in [-0.25, -0.2) is 0 Å². The van der Waals surface area contributed by atoms with Gasteiger partial charge in [0, 0.05) is 6.54 Å². The van der Waals surface area contributed by atoms with E-state index in [0.717, 1.165) is 17.9 Å². The molecule has 0 saturated heterocycles. The summed E-state index contributed by atoms with van der Waals surface area (Å²) in [4.78, 5) is 0. The first kappa shape index (κ1) is 15.7. The molecule has 0 fully saturated rings. The van der Waals surface area contributed by atoms with Crippen LogP contribution in [0.4, 0.5) is 0 Å². The van der Waals surface area contributed by atoms with Crippen LogP contribution >= 0.6 is 0 Å². The monoisotopic (exact) mass is 327 g/mol. The Hall–Kier alpha value is -2.84. The summed E-state index contributed by atoms with van der Waals surface area (Å²) >= 11 is 0. The van der Waals surface area contributed by atoms with Crippen LogP contribution in [0.2, 0.25) is 0 Å². The van der Waals surface area contributed by atoms with E-state index in [9.17, 15) is 0 Å². The van der Waals surface area contributed by atoms with E-state index >= 15 is 0 Å². The van der Waals surface area contributed by atoms with Crippen LogP contribution in [0.1, 0.15) is 33.9 Å². The minimum absolute atomic E-state index is 0.302. The molecule has 0 bridgehead atoms. The van der Waals surface area contributed by atoms with E-state index in [1.54, 1.807) is 7.11 Å². The molecule has 0 saturated carbocycles. The quantitative estimate of drug-likeness (QED) is 0.676. The molecule has 2 nitrogen and oxygen atoms in total. The molecule has 2 heteroatoms. The van der Waals surface area contributed by atoms with E-state index in [2.05, 4.69) is 78.1 Å². The Morgan fingerprint density at radius 2 is 1.48 bits per heavy atom. The average molecular weight is 327 g/mol. The minimum Gasteiger partial charge on any atom is -0.497 e. The third kappa shape index (κ3) is 3.35. The summed E-state index contributed by atoms with van der Waals surface area (Å²) in [6.45, 7) is 0.944. The van der Waals surface area contributed by atoms with Crippen LogP contribution in [0.15, 0.2) is 72.8 Å². The maximum Gasteiger partial charge on any atom is 0.118 e. The smallest absolute Gasteiger partial charge is 0.118 e. The summed E-state index contributed by atoms with van der Waals surface area (Å²) in [5.74, 6) is 0.880. The summed E-state index contributed by atoms with van der Waals surface area (Å²) in [7, 11) is 1.68. The van der Waals surface area contributed by atoms with Gasteiger partial charge >= 0.3 is 0 Å². The Kier molecular flexibility index (Phi) is 4.36. The van der Waals surface area contributed by atoms with Crippen molar-refractivity contribution >= 4 is 12.2 Å². The van der Waals surface area contributed by atoms with Gasteiger partial charge in [0.1, 0.15) is 5.75 Å². The van der Waals surface area contributed by atoms with Gasteiger partial charge in [0.15, 0.2) is 0 Å². The van der Waals surface area contributed by atoms with Crippen LogP contribution in [-0.4, -0.2) is 7.11 Å². The van der Waals surface area contributed by atoms with Crippen LogP contribution in [0, 0.1) is 0 Å². The maximum absolute atomic E-state index is 5.19. The highest BCUT2D eigenvalue weighted by atomic mass is 16.5. The van der Waals surface area contributed by atoms with Crippen molar-refractivity contribution in [1.82, 2.24) is 5.32 Å². The fourth-order valence-electron chi connectivity index (χ4n) is 3.30. The average Bonchev–Trinajstić information content (AvgIpc) is 3.11. The topological polar surface area (TPSA) is 21.3 Å². The molecule has 1 aliphatic rings. The summed E-state index contributed by atoms with van der Waals surface area (Å²) in [6, 6.07) is 25.8. The highest BCUT2D eigenvalue weighted by Crippen LogP contribution is 2.30. The van der Waals surface area contributed by atoms with E-state index in [-0.39, 0.29) is 0 Å². The molecule has 25 heavy (non-hydrogen) atoms. The summed E-state index contributed by atoms with van der Waals surface area (Å²) in [5, 5.41) is 3.60. The fraction of sp³-hybridized carbons (Fsp3) is 0.130. The lowest BCUT2D eigenvalue weighted by molar-refractivity contribution is 0.415. The summed E-state index contributed by atoms with van der Waals surface area (Å²) < 4.78 is 5.19. The van der Waals surface area contributed by atoms with E-state index in [1.165, 1.54) is 22.3 Å². The number of hydrogen-bond acceptors (Lipinski definition) is 2. The standard InChI is InChI=1S/C23H21NO/c1-25-21-14-10-18(11-15-21)7-6-17-8-12-19(13-9-17)23-22-5-3-2-4-20(22)16-24-23/h2-15,23-24H,16H2,1H3/b7-6+. The molecule has 3 aromatic carbocycles. The second-order valence-electron chi connectivity index (χ2n) is 6.29. The van der Waals surface area contributed by atoms with Gasteiger partial charge in [-0.15, -0.1) is 0 Å². The number of benzene rings is 3. The Labute approximate surface area is 148 Å². The zero-order valence-electron chi connectivity index (χ0n) is 14.3. The Morgan fingerprint density at radius 3 is 2.16 bits per heavy atom. The van der Waals surface area contributed by atoms with Gasteiger partial charge in [-0.2, -0.15) is 0 Å². The number of rotatable bonds is 4. The van der Waals surface area contributed by atoms with Gasteiger partial charge in [0.2, 0.25) is 0 Å². The molecule has 1 atom stereocenters. The van der Waals surface area contributed by atoms with Gasteiger partial charge in [0.05, 0.1) is 13.2 Å². The molecule has 0 amide bonds.